The van der Waals surface area contributed by atoms with Crippen molar-refractivity contribution in [2.24, 2.45) is 0 Å². The summed E-state index contributed by atoms with van der Waals surface area (Å²) in [5.41, 5.74) is 2.02. The quantitative estimate of drug-likeness (QED) is 0.235. The number of fused-ring (bicyclic) bond motifs is 1. The van der Waals surface area contributed by atoms with E-state index in [0.29, 0.717) is 35.6 Å². The molecule has 4 aromatic rings. The van der Waals surface area contributed by atoms with Crippen LogP contribution in [-0.4, -0.2) is 58.0 Å². The van der Waals surface area contributed by atoms with E-state index in [4.69, 9.17) is 9.15 Å². The number of piperidine rings is 1. The number of hydrogen-bond acceptors (Lipinski definition) is 9. The van der Waals surface area contributed by atoms with Crippen molar-refractivity contribution < 1.29 is 30.8 Å². The molecule has 0 atom stereocenters. The Morgan fingerprint density at radius 1 is 1.00 bits per heavy atom. The maximum atomic E-state index is 13.3. The number of carbonyl (C=O) groups is 1. The lowest BCUT2D eigenvalue weighted by molar-refractivity contribution is -0.113. The second kappa shape index (κ2) is 12.3. The predicted molar refractivity (Wildman–Crippen MR) is 161 cm³/mol. The fourth-order valence-electron chi connectivity index (χ4n) is 4.49. The monoisotopic (exact) mass is 630 g/mol. The van der Waals surface area contributed by atoms with Crippen LogP contribution < -0.4 is 14.8 Å². The maximum Gasteiger partial charge on any atom is 0.261 e. The third kappa shape index (κ3) is 6.72. The molecule has 0 bridgehead atoms. The van der Waals surface area contributed by atoms with Gasteiger partial charge in [0.15, 0.2) is 5.58 Å². The number of nitrogens with one attached hydrogen (secondary N) is 2. The number of sulfonamides is 2. The van der Waals surface area contributed by atoms with Crippen molar-refractivity contribution >= 4 is 60.2 Å². The number of aryl methyl sites for hydroxylation is 1. The van der Waals surface area contributed by atoms with E-state index in [0.717, 1.165) is 36.6 Å². The second-order valence-corrected chi connectivity index (χ2v) is 14.3. The van der Waals surface area contributed by atoms with E-state index in [2.05, 4.69) is 15.0 Å². The van der Waals surface area contributed by atoms with Crippen molar-refractivity contribution in [2.45, 2.75) is 41.2 Å². The third-order valence-corrected chi connectivity index (χ3v) is 10.8. The van der Waals surface area contributed by atoms with Crippen LogP contribution in [0, 0.1) is 6.92 Å². The molecule has 1 aromatic heterocycles. The average molecular weight is 631 g/mol. The molecule has 222 valence electrons. The number of ether oxygens (including phenoxy) is 1. The Morgan fingerprint density at radius 2 is 1.74 bits per heavy atom. The van der Waals surface area contributed by atoms with Crippen LogP contribution in [0.3, 0.4) is 0 Å². The Kier molecular flexibility index (Phi) is 8.78. The molecule has 5 rings (SSSR count). The summed E-state index contributed by atoms with van der Waals surface area (Å²) in [7, 11) is -6.14. The van der Waals surface area contributed by atoms with Gasteiger partial charge in [0.25, 0.3) is 15.2 Å². The Bertz CT molecular complexity index is 1820. The molecule has 1 fully saturated rings. The van der Waals surface area contributed by atoms with Gasteiger partial charge in [-0.05, 0) is 79.9 Å². The molecule has 14 heteroatoms. The number of benzene rings is 3. The van der Waals surface area contributed by atoms with E-state index in [-0.39, 0.29) is 26.5 Å². The molecular weight excluding hydrogens is 601 g/mol. The fraction of sp³-hybridized carbons (Fsp3) is 0.286. The highest BCUT2D eigenvalue weighted by Crippen LogP contribution is 2.30. The van der Waals surface area contributed by atoms with Crippen molar-refractivity contribution in [1.82, 2.24) is 9.29 Å². The highest BCUT2D eigenvalue weighted by molar-refractivity contribution is 7.99. The lowest BCUT2D eigenvalue weighted by Gasteiger charge is -2.27. The van der Waals surface area contributed by atoms with E-state index >= 15 is 0 Å². The van der Waals surface area contributed by atoms with Crippen molar-refractivity contribution in [1.29, 1.82) is 0 Å². The normalized spacial score (nSPS) is 14.5. The number of carbonyl (C=O) groups excluding carboxylic acids is 1. The highest BCUT2D eigenvalue weighted by atomic mass is 32.2. The van der Waals surface area contributed by atoms with Crippen LogP contribution in [0.4, 0.5) is 11.4 Å². The lowest BCUT2D eigenvalue weighted by Crippen LogP contribution is -2.36. The minimum Gasteiger partial charge on any atom is -0.497 e. The zero-order valence-electron chi connectivity index (χ0n) is 23.0. The molecule has 1 aliphatic rings. The number of thioether (sulfide) groups is 1. The molecule has 1 amide bonds. The first-order valence-electron chi connectivity index (χ1n) is 13.2. The van der Waals surface area contributed by atoms with Crippen molar-refractivity contribution in [3.8, 4) is 5.75 Å². The summed E-state index contributed by atoms with van der Waals surface area (Å²) in [5.74, 6) is 0.0595. The Labute approximate surface area is 248 Å². The van der Waals surface area contributed by atoms with Crippen LogP contribution in [0.2, 0.25) is 0 Å². The summed E-state index contributed by atoms with van der Waals surface area (Å²) < 4.78 is 67.3. The van der Waals surface area contributed by atoms with Gasteiger partial charge >= 0.3 is 0 Å². The Balaban J connectivity index is 1.26. The summed E-state index contributed by atoms with van der Waals surface area (Å²) >= 11 is 1.01. The Hall–Kier alpha value is -3.59. The second-order valence-electron chi connectivity index (χ2n) is 9.74. The molecule has 1 aliphatic heterocycles. The van der Waals surface area contributed by atoms with Crippen LogP contribution in [0.25, 0.3) is 11.1 Å². The maximum absolute atomic E-state index is 13.3. The number of oxazole rings is 1. The van der Waals surface area contributed by atoms with E-state index in [1.165, 1.54) is 29.6 Å². The molecule has 0 unspecified atom stereocenters. The van der Waals surface area contributed by atoms with Gasteiger partial charge in [-0.1, -0.05) is 24.2 Å². The molecule has 1 saturated heterocycles. The minimum atomic E-state index is -3.90. The van der Waals surface area contributed by atoms with Gasteiger partial charge in [0.1, 0.15) is 16.2 Å². The molecule has 3 aromatic carbocycles. The molecule has 2 heterocycles. The van der Waals surface area contributed by atoms with Gasteiger partial charge in [0.2, 0.25) is 15.9 Å². The first-order valence-corrected chi connectivity index (χ1v) is 17.1. The first-order chi connectivity index (χ1) is 20.0. The van der Waals surface area contributed by atoms with Gasteiger partial charge in [-0.15, -0.1) is 0 Å². The van der Waals surface area contributed by atoms with Crippen LogP contribution >= 0.6 is 11.8 Å². The average Bonchev–Trinajstić information content (AvgIpc) is 3.40. The van der Waals surface area contributed by atoms with Crippen LogP contribution in [0.15, 0.2) is 80.1 Å². The van der Waals surface area contributed by atoms with Gasteiger partial charge in [0.05, 0.1) is 23.4 Å². The molecule has 0 spiro atoms. The summed E-state index contributed by atoms with van der Waals surface area (Å²) in [6, 6.07) is 15.7. The summed E-state index contributed by atoms with van der Waals surface area (Å²) in [6.45, 7) is 2.71. The molecule has 0 saturated carbocycles. The van der Waals surface area contributed by atoms with Gasteiger partial charge in [0, 0.05) is 18.8 Å². The topological polar surface area (TPSA) is 148 Å². The number of hydrogen-bond donors (Lipinski definition) is 2. The lowest BCUT2D eigenvalue weighted by atomic mass is 10.2. The van der Waals surface area contributed by atoms with Crippen LogP contribution in [-0.2, 0) is 24.8 Å². The molecule has 0 radical (unpaired) electrons. The predicted octanol–water partition coefficient (Wildman–Crippen LogP) is 4.85. The largest absolute Gasteiger partial charge is 0.497 e. The number of amides is 1. The van der Waals surface area contributed by atoms with E-state index in [1.54, 1.807) is 49.4 Å². The van der Waals surface area contributed by atoms with Crippen molar-refractivity contribution in [3.05, 3.63) is 66.2 Å². The van der Waals surface area contributed by atoms with Crippen molar-refractivity contribution in [2.75, 3.05) is 36.0 Å². The van der Waals surface area contributed by atoms with E-state index in [1.807, 2.05) is 0 Å². The summed E-state index contributed by atoms with van der Waals surface area (Å²) in [4.78, 5) is 17.2. The first kappa shape index (κ1) is 29.9. The minimum absolute atomic E-state index is 0.00442. The molecular formula is C28H30N4O7S3. The summed E-state index contributed by atoms with van der Waals surface area (Å²) in [6.07, 6.45) is 2.61. The zero-order chi connectivity index (χ0) is 29.9. The van der Waals surface area contributed by atoms with Gasteiger partial charge in [-0.2, -0.15) is 4.31 Å². The number of anilines is 2. The van der Waals surface area contributed by atoms with Gasteiger partial charge in [-0.3, -0.25) is 9.52 Å². The smallest absolute Gasteiger partial charge is 0.261 e. The standard InChI is InChI=1S/C28H30N4O7S3/c1-19-6-12-23(26(16-19)42(36,37)32-14-4-3-5-15-32)29-27(33)18-40-28-30-24-17-22(11-13-25(24)39-28)41(34,35)31-20-7-9-21(38-2)10-8-20/h6-13,16-17,31H,3-5,14-15,18H2,1-2H3,(H,29,33). The van der Waals surface area contributed by atoms with Gasteiger partial charge in [-0.25, -0.2) is 21.8 Å². The van der Waals surface area contributed by atoms with E-state index < -0.39 is 26.0 Å². The SMILES string of the molecule is COc1ccc(NS(=O)(=O)c2ccc3oc(SCC(=O)Nc4ccc(C)cc4S(=O)(=O)N4CCCCC4)nc3c2)cc1. The molecule has 2 N–H and O–H groups in total. The number of rotatable bonds is 10. The van der Waals surface area contributed by atoms with Crippen LogP contribution in [0.5, 0.6) is 5.75 Å². The number of nitrogens with zero attached hydrogens (tertiary/aromatic N) is 2. The van der Waals surface area contributed by atoms with Gasteiger partial charge < -0.3 is 14.5 Å². The number of aromatic nitrogens is 1. The third-order valence-electron chi connectivity index (χ3n) is 6.66. The van der Waals surface area contributed by atoms with Crippen LogP contribution in [0.1, 0.15) is 24.8 Å². The Morgan fingerprint density at radius 3 is 2.45 bits per heavy atom. The molecule has 42 heavy (non-hydrogen) atoms. The zero-order valence-corrected chi connectivity index (χ0v) is 25.4. The van der Waals surface area contributed by atoms with E-state index in [9.17, 15) is 21.6 Å². The molecule has 11 nitrogen and oxygen atoms in total. The number of methoxy groups -OCH3 is 1. The molecule has 0 aliphatic carbocycles. The highest BCUT2D eigenvalue weighted by Gasteiger charge is 2.29. The van der Waals surface area contributed by atoms with Crippen molar-refractivity contribution in [3.63, 3.8) is 0 Å². The fourth-order valence-corrected chi connectivity index (χ4v) is 7.96. The summed E-state index contributed by atoms with van der Waals surface area (Å²) in [5, 5.41) is 2.89.